The Balaban J connectivity index is 1.95. The molecule has 3 aromatic rings. The van der Waals surface area contributed by atoms with E-state index in [9.17, 15) is 14.7 Å². The first-order valence-electron chi connectivity index (χ1n) is 10.9. The second-order valence-electron chi connectivity index (χ2n) is 7.38. The zero-order valence-corrected chi connectivity index (χ0v) is 18.5. The summed E-state index contributed by atoms with van der Waals surface area (Å²) in [6.45, 7) is 2.82. The Morgan fingerprint density at radius 1 is 0.909 bits per heavy atom. The molecular formula is C26H26BNO5. The highest BCUT2D eigenvalue weighted by molar-refractivity contribution is 6.10. The molecule has 0 bridgehead atoms. The van der Waals surface area contributed by atoms with Crippen LogP contribution in [0, 0.1) is 0 Å². The van der Waals surface area contributed by atoms with Gasteiger partial charge in [0.25, 0.3) is 5.91 Å². The van der Waals surface area contributed by atoms with E-state index in [1.54, 1.807) is 30.3 Å². The number of hydrogen-bond acceptors (Lipinski definition) is 4. The summed E-state index contributed by atoms with van der Waals surface area (Å²) in [6.07, 6.45) is 2.13. The number of aromatic carboxylic acids is 1. The third-order valence-electron chi connectivity index (χ3n) is 4.94. The maximum Gasteiger partial charge on any atom is 0.337 e. The number of amides is 1. The SMILES string of the molecule is [B]CCOc1ccc(OCCCC)c(C(=O)Nc2cc(-c3ccccc3)ccc2C(=O)O)c1. The van der Waals surface area contributed by atoms with E-state index in [1.807, 2.05) is 37.3 Å². The normalized spacial score (nSPS) is 10.5. The van der Waals surface area contributed by atoms with Gasteiger partial charge in [0.05, 0.1) is 37.9 Å². The summed E-state index contributed by atoms with van der Waals surface area (Å²) >= 11 is 0. The fourth-order valence-electron chi connectivity index (χ4n) is 3.24. The monoisotopic (exact) mass is 443 g/mol. The van der Waals surface area contributed by atoms with E-state index in [0.29, 0.717) is 31.0 Å². The van der Waals surface area contributed by atoms with Crippen LogP contribution in [0.25, 0.3) is 11.1 Å². The zero-order chi connectivity index (χ0) is 23.6. The largest absolute Gasteiger partial charge is 0.494 e. The molecule has 0 atom stereocenters. The van der Waals surface area contributed by atoms with Gasteiger partial charge in [-0.05, 0) is 47.9 Å². The second kappa shape index (κ2) is 11.8. The van der Waals surface area contributed by atoms with Crippen LogP contribution >= 0.6 is 0 Å². The minimum Gasteiger partial charge on any atom is -0.494 e. The average Bonchev–Trinajstić information content (AvgIpc) is 2.83. The first-order valence-corrected chi connectivity index (χ1v) is 10.9. The number of anilines is 1. The minimum absolute atomic E-state index is 0.00739. The van der Waals surface area contributed by atoms with Gasteiger partial charge in [-0.2, -0.15) is 0 Å². The van der Waals surface area contributed by atoms with Crippen LogP contribution in [0.5, 0.6) is 11.5 Å². The van der Waals surface area contributed by atoms with Crippen molar-refractivity contribution >= 4 is 25.4 Å². The van der Waals surface area contributed by atoms with E-state index >= 15 is 0 Å². The highest BCUT2D eigenvalue weighted by Crippen LogP contribution is 2.29. The summed E-state index contributed by atoms with van der Waals surface area (Å²) in [5.74, 6) is -0.751. The molecule has 0 aliphatic carbocycles. The van der Waals surface area contributed by atoms with Crippen molar-refractivity contribution in [3.63, 3.8) is 0 Å². The van der Waals surface area contributed by atoms with E-state index in [1.165, 1.54) is 6.07 Å². The molecule has 0 spiro atoms. The lowest BCUT2D eigenvalue weighted by Crippen LogP contribution is -2.16. The van der Waals surface area contributed by atoms with Crippen molar-refractivity contribution in [1.29, 1.82) is 0 Å². The van der Waals surface area contributed by atoms with Crippen molar-refractivity contribution in [2.45, 2.75) is 26.1 Å². The van der Waals surface area contributed by atoms with Crippen LogP contribution < -0.4 is 14.8 Å². The quantitative estimate of drug-likeness (QED) is 0.304. The van der Waals surface area contributed by atoms with Crippen LogP contribution in [0.15, 0.2) is 66.7 Å². The lowest BCUT2D eigenvalue weighted by molar-refractivity contribution is 0.0698. The van der Waals surface area contributed by atoms with Crippen LogP contribution in [-0.2, 0) is 0 Å². The Hall–Kier alpha value is -3.74. The van der Waals surface area contributed by atoms with Gasteiger partial charge in [0.15, 0.2) is 0 Å². The van der Waals surface area contributed by atoms with E-state index in [4.69, 9.17) is 17.3 Å². The molecule has 3 rings (SSSR count). The summed E-state index contributed by atoms with van der Waals surface area (Å²) in [5.41, 5.74) is 2.14. The fourth-order valence-corrected chi connectivity index (χ4v) is 3.24. The molecule has 1 amide bonds. The van der Waals surface area contributed by atoms with Crippen LogP contribution in [0.4, 0.5) is 5.69 Å². The number of rotatable bonds is 11. The molecule has 0 unspecified atom stereocenters. The maximum absolute atomic E-state index is 13.3. The maximum atomic E-state index is 13.3. The highest BCUT2D eigenvalue weighted by Gasteiger charge is 2.19. The summed E-state index contributed by atoms with van der Waals surface area (Å²) in [6, 6.07) is 19.3. The zero-order valence-electron chi connectivity index (χ0n) is 18.5. The second-order valence-corrected chi connectivity index (χ2v) is 7.38. The van der Waals surface area contributed by atoms with E-state index < -0.39 is 11.9 Å². The third kappa shape index (κ3) is 6.38. The Kier molecular flexibility index (Phi) is 8.53. The molecular weight excluding hydrogens is 417 g/mol. The third-order valence-corrected chi connectivity index (χ3v) is 4.94. The number of ether oxygens (including phenoxy) is 2. The van der Waals surface area contributed by atoms with Gasteiger partial charge in [0.2, 0.25) is 0 Å². The Bertz CT molecular complexity index is 1100. The molecule has 3 aromatic carbocycles. The number of carbonyl (C=O) groups is 2. The molecule has 0 aliphatic heterocycles. The van der Waals surface area contributed by atoms with Crippen molar-refractivity contribution in [2.75, 3.05) is 18.5 Å². The predicted molar refractivity (Wildman–Crippen MR) is 130 cm³/mol. The number of hydrogen-bond donors (Lipinski definition) is 2. The standard InChI is InChI=1S/C26H26BNO5/c1-2-3-14-33-24-12-10-20(32-15-13-27)17-22(24)25(29)28-23-16-19(9-11-21(23)26(30)31)18-7-5-4-6-8-18/h4-12,16-17H,2-3,13-15H2,1H3,(H,28,29)(H,30,31). The van der Waals surface area contributed by atoms with Gasteiger partial charge in [-0.15, -0.1) is 0 Å². The molecule has 0 saturated carbocycles. The van der Waals surface area contributed by atoms with Crippen LogP contribution in [0.1, 0.15) is 40.5 Å². The van der Waals surface area contributed by atoms with Crippen LogP contribution in [-0.4, -0.2) is 38.0 Å². The molecule has 168 valence electrons. The van der Waals surface area contributed by atoms with Gasteiger partial charge in [0.1, 0.15) is 11.5 Å². The van der Waals surface area contributed by atoms with Crippen molar-refractivity contribution in [3.05, 3.63) is 77.9 Å². The van der Waals surface area contributed by atoms with Crippen molar-refractivity contribution in [2.24, 2.45) is 0 Å². The first kappa shape index (κ1) is 23.9. The van der Waals surface area contributed by atoms with Crippen molar-refractivity contribution < 1.29 is 24.2 Å². The number of unbranched alkanes of at least 4 members (excludes halogenated alkanes) is 1. The molecule has 0 aliphatic rings. The summed E-state index contributed by atoms with van der Waals surface area (Å²) in [7, 11) is 5.51. The molecule has 7 heteroatoms. The highest BCUT2D eigenvalue weighted by atomic mass is 16.5. The van der Waals surface area contributed by atoms with Crippen molar-refractivity contribution in [3.8, 4) is 22.6 Å². The van der Waals surface area contributed by atoms with Crippen LogP contribution in [0.2, 0.25) is 6.32 Å². The van der Waals surface area contributed by atoms with Gasteiger partial charge in [-0.3, -0.25) is 4.79 Å². The van der Waals surface area contributed by atoms with Gasteiger partial charge in [0, 0.05) is 0 Å². The molecule has 0 aromatic heterocycles. The van der Waals surface area contributed by atoms with Crippen molar-refractivity contribution in [1.82, 2.24) is 0 Å². The van der Waals surface area contributed by atoms with Crippen LogP contribution in [0.3, 0.4) is 0 Å². The van der Waals surface area contributed by atoms with E-state index in [2.05, 4.69) is 5.32 Å². The lowest BCUT2D eigenvalue weighted by atomic mass is 10.0. The molecule has 0 heterocycles. The Labute approximate surface area is 195 Å². The first-order chi connectivity index (χ1) is 16.0. The number of carbonyl (C=O) groups excluding carboxylic acids is 1. The van der Waals surface area contributed by atoms with Gasteiger partial charge < -0.3 is 19.9 Å². The smallest absolute Gasteiger partial charge is 0.337 e. The average molecular weight is 443 g/mol. The van der Waals surface area contributed by atoms with E-state index in [-0.39, 0.29) is 16.8 Å². The Morgan fingerprint density at radius 2 is 1.70 bits per heavy atom. The Morgan fingerprint density at radius 3 is 2.39 bits per heavy atom. The van der Waals surface area contributed by atoms with Gasteiger partial charge >= 0.3 is 5.97 Å². The van der Waals surface area contributed by atoms with E-state index in [0.717, 1.165) is 24.0 Å². The number of benzene rings is 3. The number of nitrogens with one attached hydrogen (secondary N) is 1. The summed E-state index contributed by atoms with van der Waals surface area (Å²) in [5, 5.41) is 12.4. The number of carboxylic acid groups (broad SMARTS) is 1. The predicted octanol–water partition coefficient (Wildman–Crippen LogP) is 5.45. The molecule has 0 fully saturated rings. The fraction of sp³-hybridized carbons (Fsp3) is 0.231. The summed E-state index contributed by atoms with van der Waals surface area (Å²) in [4.78, 5) is 25.0. The topological polar surface area (TPSA) is 84.9 Å². The molecule has 2 radical (unpaired) electrons. The molecule has 0 saturated heterocycles. The molecule has 33 heavy (non-hydrogen) atoms. The number of carboxylic acids is 1. The molecule has 6 nitrogen and oxygen atoms in total. The van der Waals surface area contributed by atoms with Gasteiger partial charge in [-0.25, -0.2) is 4.79 Å². The van der Waals surface area contributed by atoms with Gasteiger partial charge in [-0.1, -0.05) is 56.1 Å². The minimum atomic E-state index is -1.13. The summed E-state index contributed by atoms with van der Waals surface area (Å²) < 4.78 is 11.4. The molecule has 2 N–H and O–H groups in total. The lowest BCUT2D eigenvalue weighted by Gasteiger charge is -2.15.